The van der Waals surface area contributed by atoms with E-state index in [4.69, 9.17) is 0 Å². The van der Waals surface area contributed by atoms with E-state index >= 15 is 0 Å². The molecule has 1 aromatic rings. The summed E-state index contributed by atoms with van der Waals surface area (Å²) in [6.07, 6.45) is 1.13. The SMILES string of the molecule is CNc1cc(Br)ccc1CC(C)C. The molecule has 0 aliphatic carbocycles. The highest BCUT2D eigenvalue weighted by molar-refractivity contribution is 9.10. The largest absolute Gasteiger partial charge is 0.388 e. The van der Waals surface area contributed by atoms with Crippen LogP contribution in [0.2, 0.25) is 0 Å². The van der Waals surface area contributed by atoms with Gasteiger partial charge in [-0.2, -0.15) is 0 Å². The number of benzene rings is 1. The highest BCUT2D eigenvalue weighted by Crippen LogP contribution is 2.23. The molecule has 2 heteroatoms. The molecule has 0 spiro atoms. The zero-order valence-corrected chi connectivity index (χ0v) is 9.98. The summed E-state index contributed by atoms with van der Waals surface area (Å²) in [5, 5.41) is 3.21. The first kappa shape index (κ1) is 10.6. The molecule has 0 heterocycles. The van der Waals surface area contributed by atoms with Crippen LogP contribution in [0.5, 0.6) is 0 Å². The van der Waals surface area contributed by atoms with E-state index < -0.39 is 0 Å². The van der Waals surface area contributed by atoms with Gasteiger partial charge in [0.15, 0.2) is 0 Å². The topological polar surface area (TPSA) is 12.0 Å². The van der Waals surface area contributed by atoms with E-state index in [0.29, 0.717) is 5.92 Å². The number of hydrogen-bond donors (Lipinski definition) is 1. The Balaban J connectivity index is 2.92. The van der Waals surface area contributed by atoms with Crippen LogP contribution in [0.3, 0.4) is 0 Å². The van der Waals surface area contributed by atoms with Gasteiger partial charge in [-0.1, -0.05) is 35.8 Å². The van der Waals surface area contributed by atoms with Crippen molar-refractivity contribution in [3.8, 4) is 0 Å². The maximum absolute atomic E-state index is 3.46. The van der Waals surface area contributed by atoms with Crippen LogP contribution in [0.25, 0.3) is 0 Å². The van der Waals surface area contributed by atoms with Gasteiger partial charge in [-0.15, -0.1) is 0 Å². The van der Waals surface area contributed by atoms with E-state index in [9.17, 15) is 0 Å². The molecule has 0 unspecified atom stereocenters. The van der Waals surface area contributed by atoms with Crippen molar-refractivity contribution in [2.24, 2.45) is 5.92 Å². The molecule has 0 aromatic heterocycles. The van der Waals surface area contributed by atoms with Crippen LogP contribution in [0.15, 0.2) is 22.7 Å². The second kappa shape index (κ2) is 4.66. The molecule has 0 bridgehead atoms. The molecule has 1 N–H and O–H groups in total. The van der Waals surface area contributed by atoms with E-state index in [1.807, 2.05) is 7.05 Å². The molecule has 0 atom stereocenters. The van der Waals surface area contributed by atoms with Crippen LogP contribution in [0, 0.1) is 5.92 Å². The first-order chi connectivity index (χ1) is 6.13. The average molecular weight is 242 g/mol. The third-order valence-corrected chi connectivity index (χ3v) is 2.46. The maximum atomic E-state index is 3.46. The van der Waals surface area contributed by atoms with Gasteiger partial charge >= 0.3 is 0 Å². The highest BCUT2D eigenvalue weighted by Gasteiger charge is 2.03. The molecule has 0 aliphatic rings. The number of halogens is 1. The normalized spacial score (nSPS) is 10.5. The Morgan fingerprint density at radius 2 is 2.08 bits per heavy atom. The molecule has 0 radical (unpaired) electrons. The lowest BCUT2D eigenvalue weighted by Crippen LogP contribution is -1.99. The molecule has 0 aliphatic heterocycles. The molecule has 0 saturated heterocycles. The molecule has 0 fully saturated rings. The standard InChI is InChI=1S/C11H16BrN/c1-8(2)6-9-4-5-10(12)7-11(9)13-3/h4-5,7-8,13H,6H2,1-3H3. The molecule has 0 amide bonds. The minimum atomic E-state index is 0.702. The fourth-order valence-electron chi connectivity index (χ4n) is 1.40. The predicted octanol–water partition coefficient (Wildman–Crippen LogP) is 3.69. The van der Waals surface area contributed by atoms with Gasteiger partial charge in [-0.25, -0.2) is 0 Å². The van der Waals surface area contributed by atoms with Gasteiger partial charge < -0.3 is 5.32 Å². The Hall–Kier alpha value is -0.500. The summed E-state index contributed by atoms with van der Waals surface area (Å²) >= 11 is 3.46. The molecule has 1 rings (SSSR count). The Morgan fingerprint density at radius 1 is 1.38 bits per heavy atom. The Bertz CT molecular complexity index is 281. The third kappa shape index (κ3) is 3.03. The minimum absolute atomic E-state index is 0.702. The zero-order valence-electron chi connectivity index (χ0n) is 8.39. The highest BCUT2D eigenvalue weighted by atomic mass is 79.9. The Morgan fingerprint density at radius 3 is 2.62 bits per heavy atom. The van der Waals surface area contributed by atoms with Gasteiger partial charge in [0.1, 0.15) is 0 Å². The first-order valence-electron chi connectivity index (χ1n) is 4.59. The summed E-state index contributed by atoms with van der Waals surface area (Å²) in [4.78, 5) is 0. The maximum Gasteiger partial charge on any atom is 0.0381 e. The Labute approximate surface area is 88.7 Å². The van der Waals surface area contributed by atoms with Crippen LogP contribution in [0.4, 0.5) is 5.69 Å². The van der Waals surface area contributed by atoms with Crippen LogP contribution >= 0.6 is 15.9 Å². The predicted molar refractivity (Wildman–Crippen MR) is 62.2 cm³/mol. The first-order valence-corrected chi connectivity index (χ1v) is 5.39. The molecule has 0 saturated carbocycles. The summed E-state index contributed by atoms with van der Waals surface area (Å²) in [6.45, 7) is 4.48. The van der Waals surface area contributed by atoms with Gasteiger partial charge in [0.25, 0.3) is 0 Å². The lowest BCUT2D eigenvalue weighted by molar-refractivity contribution is 0.648. The lowest BCUT2D eigenvalue weighted by atomic mass is 10.0. The van der Waals surface area contributed by atoms with Gasteiger partial charge in [0, 0.05) is 17.2 Å². The molecule has 72 valence electrons. The van der Waals surface area contributed by atoms with E-state index in [1.165, 1.54) is 11.3 Å². The number of nitrogens with one attached hydrogen (secondary N) is 1. The van der Waals surface area contributed by atoms with E-state index in [-0.39, 0.29) is 0 Å². The third-order valence-electron chi connectivity index (χ3n) is 1.97. The lowest BCUT2D eigenvalue weighted by Gasteiger charge is -2.11. The van der Waals surface area contributed by atoms with Crippen LogP contribution in [0.1, 0.15) is 19.4 Å². The van der Waals surface area contributed by atoms with E-state index in [1.54, 1.807) is 0 Å². The summed E-state index contributed by atoms with van der Waals surface area (Å²) in [5.41, 5.74) is 2.61. The summed E-state index contributed by atoms with van der Waals surface area (Å²) in [5.74, 6) is 0.702. The Kier molecular flexibility index (Phi) is 3.79. The van der Waals surface area contributed by atoms with E-state index in [0.717, 1.165) is 10.9 Å². The van der Waals surface area contributed by atoms with Crippen LogP contribution in [-0.2, 0) is 6.42 Å². The summed E-state index contributed by atoms with van der Waals surface area (Å²) in [6, 6.07) is 6.40. The van der Waals surface area contributed by atoms with Crippen LogP contribution < -0.4 is 5.32 Å². The fourth-order valence-corrected chi connectivity index (χ4v) is 1.76. The van der Waals surface area contributed by atoms with E-state index in [2.05, 4.69) is 53.3 Å². The molecule has 1 aromatic carbocycles. The quantitative estimate of drug-likeness (QED) is 0.852. The van der Waals surface area contributed by atoms with Gasteiger partial charge in [0.2, 0.25) is 0 Å². The average Bonchev–Trinajstić information content (AvgIpc) is 2.07. The van der Waals surface area contributed by atoms with Crippen molar-refractivity contribution in [1.29, 1.82) is 0 Å². The van der Waals surface area contributed by atoms with Crippen molar-refractivity contribution in [3.63, 3.8) is 0 Å². The summed E-state index contributed by atoms with van der Waals surface area (Å²) < 4.78 is 1.13. The van der Waals surface area contributed by atoms with Crippen molar-refractivity contribution in [1.82, 2.24) is 0 Å². The van der Waals surface area contributed by atoms with Crippen molar-refractivity contribution in [3.05, 3.63) is 28.2 Å². The monoisotopic (exact) mass is 241 g/mol. The van der Waals surface area contributed by atoms with Gasteiger partial charge in [-0.05, 0) is 30.0 Å². The molecule has 1 nitrogen and oxygen atoms in total. The van der Waals surface area contributed by atoms with Crippen molar-refractivity contribution < 1.29 is 0 Å². The summed E-state index contributed by atoms with van der Waals surface area (Å²) in [7, 11) is 1.96. The van der Waals surface area contributed by atoms with Crippen LogP contribution in [-0.4, -0.2) is 7.05 Å². The smallest absolute Gasteiger partial charge is 0.0381 e. The van der Waals surface area contributed by atoms with Crippen molar-refractivity contribution in [2.75, 3.05) is 12.4 Å². The fraction of sp³-hybridized carbons (Fsp3) is 0.455. The number of anilines is 1. The molecule has 13 heavy (non-hydrogen) atoms. The van der Waals surface area contributed by atoms with Gasteiger partial charge in [-0.3, -0.25) is 0 Å². The zero-order chi connectivity index (χ0) is 9.84. The second-order valence-electron chi connectivity index (χ2n) is 3.65. The van der Waals surface area contributed by atoms with Crippen molar-refractivity contribution in [2.45, 2.75) is 20.3 Å². The molecular formula is C11H16BrN. The van der Waals surface area contributed by atoms with Gasteiger partial charge in [0.05, 0.1) is 0 Å². The number of hydrogen-bond acceptors (Lipinski definition) is 1. The molecular weight excluding hydrogens is 226 g/mol. The van der Waals surface area contributed by atoms with Crippen molar-refractivity contribution >= 4 is 21.6 Å². The second-order valence-corrected chi connectivity index (χ2v) is 4.57. The number of rotatable bonds is 3. The minimum Gasteiger partial charge on any atom is -0.388 e.